The van der Waals surface area contributed by atoms with Crippen molar-refractivity contribution in [3.8, 4) is 5.75 Å². The van der Waals surface area contributed by atoms with Crippen molar-refractivity contribution < 1.29 is 19.4 Å². The molecule has 18 heavy (non-hydrogen) atoms. The molecule has 0 aliphatic rings. The van der Waals surface area contributed by atoms with Crippen LogP contribution in [0.3, 0.4) is 0 Å². The van der Waals surface area contributed by atoms with Gasteiger partial charge in [-0.2, -0.15) is 0 Å². The number of ether oxygens (including phenoxy) is 1. The zero-order valence-corrected chi connectivity index (χ0v) is 10.2. The molecular weight excluding hydrogens is 234 g/mol. The quantitative estimate of drug-likeness (QED) is 0.747. The lowest BCUT2D eigenvalue weighted by Gasteiger charge is -2.16. The molecule has 1 atom stereocenters. The van der Waals surface area contributed by atoms with E-state index in [9.17, 15) is 14.7 Å². The van der Waals surface area contributed by atoms with Gasteiger partial charge in [0.05, 0.1) is 6.61 Å². The van der Waals surface area contributed by atoms with Gasteiger partial charge in [-0.25, -0.2) is 0 Å². The lowest BCUT2D eigenvalue weighted by molar-refractivity contribution is -0.306. The molecule has 2 N–H and O–H groups in total. The Balaban J connectivity index is 2.83. The number of hydrogen-bond acceptors (Lipinski definition) is 4. The molecule has 0 spiro atoms. The third kappa shape index (κ3) is 4.45. The Morgan fingerprint density at radius 2 is 1.89 bits per heavy atom. The zero-order valence-electron chi connectivity index (χ0n) is 10.2. The molecule has 0 saturated heterocycles. The van der Waals surface area contributed by atoms with Crippen molar-refractivity contribution in [1.82, 2.24) is 0 Å². The number of benzene rings is 1. The Bertz CT molecular complexity index is 398. The SMILES string of the molecule is CCOc1ccc([C@H](CC(N)=O)CC(=O)[O-])cc1. The van der Waals surface area contributed by atoms with Gasteiger partial charge < -0.3 is 20.4 Å². The number of nitrogens with two attached hydrogens (primary N) is 1. The van der Waals surface area contributed by atoms with E-state index in [4.69, 9.17) is 10.5 Å². The van der Waals surface area contributed by atoms with Crippen molar-refractivity contribution in [3.05, 3.63) is 29.8 Å². The maximum Gasteiger partial charge on any atom is 0.218 e. The van der Waals surface area contributed by atoms with Crippen molar-refractivity contribution in [2.45, 2.75) is 25.7 Å². The molecule has 1 amide bonds. The number of aliphatic carboxylic acids is 1. The molecule has 0 heterocycles. The molecule has 0 fully saturated rings. The molecule has 1 aromatic carbocycles. The van der Waals surface area contributed by atoms with E-state index in [2.05, 4.69) is 0 Å². The van der Waals surface area contributed by atoms with E-state index in [1.165, 1.54) is 0 Å². The first kappa shape index (κ1) is 14.0. The summed E-state index contributed by atoms with van der Waals surface area (Å²) in [6.07, 6.45) is -0.237. The van der Waals surface area contributed by atoms with Crippen LogP contribution in [0.1, 0.15) is 31.2 Å². The smallest absolute Gasteiger partial charge is 0.218 e. The number of amides is 1. The van der Waals surface area contributed by atoms with Gasteiger partial charge in [-0.15, -0.1) is 0 Å². The fourth-order valence-electron chi connectivity index (χ4n) is 1.75. The van der Waals surface area contributed by atoms with Crippen LogP contribution in [0.25, 0.3) is 0 Å². The molecule has 0 aliphatic heterocycles. The lowest BCUT2D eigenvalue weighted by Crippen LogP contribution is -2.26. The summed E-state index contributed by atoms with van der Waals surface area (Å²) < 4.78 is 5.28. The number of carboxylic acid groups (broad SMARTS) is 1. The number of carbonyl (C=O) groups is 2. The van der Waals surface area contributed by atoms with Crippen LogP contribution in [0.15, 0.2) is 24.3 Å². The van der Waals surface area contributed by atoms with Crippen LogP contribution >= 0.6 is 0 Å². The van der Waals surface area contributed by atoms with Crippen molar-refractivity contribution in [3.63, 3.8) is 0 Å². The summed E-state index contributed by atoms with van der Waals surface area (Å²) in [6, 6.07) is 6.95. The molecule has 0 aliphatic carbocycles. The third-order valence-electron chi connectivity index (χ3n) is 2.52. The minimum atomic E-state index is -1.20. The second-order valence-corrected chi connectivity index (χ2v) is 3.95. The largest absolute Gasteiger partial charge is 0.550 e. The molecule has 0 radical (unpaired) electrons. The Labute approximate surface area is 106 Å². The molecule has 1 rings (SSSR count). The first-order valence-electron chi connectivity index (χ1n) is 5.73. The van der Waals surface area contributed by atoms with Gasteiger partial charge in [0.25, 0.3) is 0 Å². The van der Waals surface area contributed by atoms with Crippen LogP contribution in [0, 0.1) is 0 Å². The van der Waals surface area contributed by atoms with E-state index < -0.39 is 17.8 Å². The molecule has 0 saturated carbocycles. The van der Waals surface area contributed by atoms with E-state index in [0.717, 1.165) is 5.56 Å². The Morgan fingerprint density at radius 1 is 1.28 bits per heavy atom. The topological polar surface area (TPSA) is 92.5 Å². The summed E-state index contributed by atoms with van der Waals surface area (Å²) in [5.74, 6) is -1.49. The molecule has 5 heteroatoms. The fraction of sp³-hybridized carbons (Fsp3) is 0.385. The first-order valence-corrected chi connectivity index (χ1v) is 5.73. The number of rotatable bonds is 7. The van der Waals surface area contributed by atoms with Gasteiger partial charge in [0.2, 0.25) is 5.91 Å². The normalized spacial score (nSPS) is 11.8. The van der Waals surface area contributed by atoms with Gasteiger partial charge in [0.1, 0.15) is 5.75 Å². The minimum Gasteiger partial charge on any atom is -0.550 e. The van der Waals surface area contributed by atoms with Crippen LogP contribution < -0.4 is 15.6 Å². The number of primary amides is 1. The molecule has 98 valence electrons. The van der Waals surface area contributed by atoms with E-state index in [1.54, 1.807) is 24.3 Å². The van der Waals surface area contributed by atoms with Crippen molar-refractivity contribution in [2.75, 3.05) is 6.61 Å². The number of hydrogen-bond donors (Lipinski definition) is 1. The van der Waals surface area contributed by atoms with Crippen LogP contribution in [0.2, 0.25) is 0 Å². The second-order valence-electron chi connectivity index (χ2n) is 3.95. The third-order valence-corrected chi connectivity index (χ3v) is 2.52. The molecular formula is C13H16NO4-. The summed E-state index contributed by atoms with van der Waals surface area (Å²) in [4.78, 5) is 21.6. The van der Waals surface area contributed by atoms with Crippen molar-refractivity contribution in [1.29, 1.82) is 0 Å². The molecule has 0 aromatic heterocycles. The summed E-state index contributed by atoms with van der Waals surface area (Å²) in [7, 11) is 0. The number of carboxylic acids is 1. The van der Waals surface area contributed by atoms with Gasteiger partial charge in [-0.3, -0.25) is 4.79 Å². The van der Waals surface area contributed by atoms with Crippen LogP contribution in [0.5, 0.6) is 5.75 Å². The highest BCUT2D eigenvalue weighted by Crippen LogP contribution is 2.25. The summed E-state index contributed by atoms with van der Waals surface area (Å²) >= 11 is 0. The molecule has 1 aromatic rings. The summed E-state index contributed by atoms with van der Waals surface area (Å²) in [6.45, 7) is 2.43. The summed E-state index contributed by atoms with van der Waals surface area (Å²) in [5.41, 5.74) is 5.84. The van der Waals surface area contributed by atoms with Crippen LogP contribution in [0.4, 0.5) is 0 Å². The molecule has 0 bridgehead atoms. The minimum absolute atomic E-state index is 0.0119. The maximum atomic E-state index is 10.9. The predicted molar refractivity (Wildman–Crippen MR) is 63.8 cm³/mol. The fourth-order valence-corrected chi connectivity index (χ4v) is 1.75. The van der Waals surface area contributed by atoms with E-state index in [0.29, 0.717) is 12.4 Å². The van der Waals surface area contributed by atoms with E-state index >= 15 is 0 Å². The van der Waals surface area contributed by atoms with Gasteiger partial charge in [0.15, 0.2) is 0 Å². The zero-order chi connectivity index (χ0) is 13.5. The average Bonchev–Trinajstić information content (AvgIpc) is 2.28. The molecule has 0 unspecified atom stereocenters. The highest BCUT2D eigenvalue weighted by Gasteiger charge is 2.15. The van der Waals surface area contributed by atoms with Crippen LogP contribution in [-0.2, 0) is 9.59 Å². The molecule has 5 nitrogen and oxygen atoms in total. The maximum absolute atomic E-state index is 10.9. The van der Waals surface area contributed by atoms with E-state index in [-0.39, 0.29) is 12.8 Å². The van der Waals surface area contributed by atoms with Crippen molar-refractivity contribution >= 4 is 11.9 Å². The standard InChI is InChI=1S/C13H17NO4/c1-2-18-11-5-3-9(4-6-11)10(7-12(14)15)8-13(16)17/h3-6,10H,2,7-8H2,1H3,(H2,14,15)(H,16,17)/p-1/t10-/m1/s1. The highest BCUT2D eigenvalue weighted by atomic mass is 16.5. The second kappa shape index (κ2) is 6.64. The Hall–Kier alpha value is -2.04. The Morgan fingerprint density at radius 3 is 2.33 bits per heavy atom. The number of carbonyl (C=O) groups excluding carboxylic acids is 2. The van der Waals surface area contributed by atoms with Gasteiger partial charge in [0, 0.05) is 12.4 Å². The Kier molecular flexibility index (Phi) is 5.17. The highest BCUT2D eigenvalue weighted by molar-refractivity contribution is 5.76. The predicted octanol–water partition coefficient (Wildman–Crippen LogP) is 0.184. The monoisotopic (exact) mass is 250 g/mol. The van der Waals surface area contributed by atoms with Crippen molar-refractivity contribution in [2.24, 2.45) is 5.73 Å². The average molecular weight is 250 g/mol. The van der Waals surface area contributed by atoms with Crippen LogP contribution in [-0.4, -0.2) is 18.5 Å². The summed E-state index contributed by atoms with van der Waals surface area (Å²) in [5, 5.41) is 10.6. The van der Waals surface area contributed by atoms with Gasteiger partial charge in [-0.05, 0) is 37.0 Å². The van der Waals surface area contributed by atoms with Gasteiger partial charge >= 0.3 is 0 Å². The first-order chi connectivity index (χ1) is 8.52. The van der Waals surface area contributed by atoms with Gasteiger partial charge in [-0.1, -0.05) is 12.1 Å². The van der Waals surface area contributed by atoms with E-state index in [1.807, 2.05) is 6.92 Å². The lowest BCUT2D eigenvalue weighted by atomic mass is 9.92.